The molecule has 23 heavy (non-hydrogen) atoms. The lowest BCUT2D eigenvalue weighted by Gasteiger charge is -2.34. The maximum atomic E-state index is 11.7. The smallest absolute Gasteiger partial charge is 0.376 e. The summed E-state index contributed by atoms with van der Waals surface area (Å²) in [5.41, 5.74) is 0.760. The molecule has 122 valence electrons. The minimum absolute atomic E-state index is 0.114. The number of anilines is 1. The van der Waals surface area contributed by atoms with E-state index in [1.54, 1.807) is 0 Å². The molecule has 1 fully saturated rings. The quantitative estimate of drug-likeness (QED) is 0.806. The largest absolute Gasteiger partial charge is 0.463 e. The number of rotatable bonds is 3. The van der Waals surface area contributed by atoms with Crippen molar-refractivity contribution in [3.63, 3.8) is 0 Å². The molecule has 1 atom stereocenters. The van der Waals surface area contributed by atoms with Gasteiger partial charge in [-0.25, -0.2) is 19.7 Å². The van der Waals surface area contributed by atoms with Crippen LogP contribution in [0, 0.1) is 13.8 Å². The number of methoxy groups -OCH3 is 1. The van der Waals surface area contributed by atoms with Crippen molar-refractivity contribution in [3.05, 3.63) is 35.8 Å². The van der Waals surface area contributed by atoms with Gasteiger partial charge in [0.15, 0.2) is 0 Å². The maximum Gasteiger partial charge on any atom is 0.376 e. The predicted molar refractivity (Wildman–Crippen MR) is 85.6 cm³/mol. The van der Waals surface area contributed by atoms with Crippen molar-refractivity contribution in [2.45, 2.75) is 32.7 Å². The Morgan fingerprint density at radius 2 is 2.17 bits per heavy atom. The van der Waals surface area contributed by atoms with Crippen LogP contribution in [0.4, 0.5) is 5.82 Å². The lowest BCUT2D eigenvalue weighted by molar-refractivity contribution is 0.0586. The van der Waals surface area contributed by atoms with E-state index >= 15 is 0 Å². The minimum Gasteiger partial charge on any atom is -0.463 e. The van der Waals surface area contributed by atoms with Gasteiger partial charge in [0.05, 0.1) is 13.2 Å². The molecule has 1 aliphatic heterocycles. The summed E-state index contributed by atoms with van der Waals surface area (Å²) in [6.07, 6.45) is 6.04. The van der Waals surface area contributed by atoms with Crippen LogP contribution in [0.5, 0.6) is 0 Å². The average molecular weight is 315 g/mol. The molecule has 3 rings (SSSR count). The summed E-state index contributed by atoms with van der Waals surface area (Å²) >= 11 is 0. The topological polar surface area (TPSA) is 73.1 Å². The van der Waals surface area contributed by atoms with E-state index in [1.165, 1.54) is 7.11 Å². The summed E-state index contributed by atoms with van der Waals surface area (Å²) in [4.78, 5) is 26.8. The van der Waals surface area contributed by atoms with Crippen LogP contribution in [0.2, 0.25) is 0 Å². The van der Waals surface area contributed by atoms with E-state index in [-0.39, 0.29) is 5.82 Å². The van der Waals surface area contributed by atoms with Gasteiger partial charge in [0, 0.05) is 37.2 Å². The molecule has 1 aliphatic rings. The third-order valence-corrected chi connectivity index (χ3v) is 4.18. The van der Waals surface area contributed by atoms with Crippen LogP contribution in [0.3, 0.4) is 0 Å². The van der Waals surface area contributed by atoms with Crippen molar-refractivity contribution in [2.75, 3.05) is 25.1 Å². The summed E-state index contributed by atoms with van der Waals surface area (Å²) < 4.78 is 6.94. The lowest BCUT2D eigenvalue weighted by atomic mass is 10.1. The first-order valence-electron chi connectivity index (χ1n) is 7.77. The van der Waals surface area contributed by atoms with Crippen molar-refractivity contribution < 1.29 is 9.53 Å². The summed E-state index contributed by atoms with van der Waals surface area (Å²) in [7, 11) is 1.34. The normalized spacial score (nSPS) is 18.0. The van der Waals surface area contributed by atoms with Crippen LogP contribution < -0.4 is 4.90 Å². The molecule has 7 heteroatoms. The van der Waals surface area contributed by atoms with Gasteiger partial charge in [0.1, 0.15) is 11.6 Å². The summed E-state index contributed by atoms with van der Waals surface area (Å²) in [5.74, 6) is 1.41. The SMILES string of the molecule is COC(=O)c1nc(C)cc(N2CCCC(n3ccnc3C)C2)n1. The molecule has 0 saturated carbocycles. The van der Waals surface area contributed by atoms with Gasteiger partial charge in [-0.1, -0.05) is 0 Å². The highest BCUT2D eigenvalue weighted by atomic mass is 16.5. The van der Waals surface area contributed by atoms with Gasteiger partial charge in [-0.2, -0.15) is 0 Å². The Kier molecular flexibility index (Phi) is 4.27. The maximum absolute atomic E-state index is 11.7. The summed E-state index contributed by atoms with van der Waals surface area (Å²) in [6, 6.07) is 2.28. The number of nitrogens with zero attached hydrogens (tertiary/aromatic N) is 5. The van der Waals surface area contributed by atoms with Gasteiger partial charge in [-0.15, -0.1) is 0 Å². The second-order valence-electron chi connectivity index (χ2n) is 5.81. The van der Waals surface area contributed by atoms with E-state index in [0.717, 1.165) is 43.3 Å². The molecule has 0 spiro atoms. The second kappa shape index (κ2) is 6.36. The van der Waals surface area contributed by atoms with Crippen LogP contribution in [0.1, 0.15) is 41.0 Å². The van der Waals surface area contributed by atoms with Crippen molar-refractivity contribution in [1.82, 2.24) is 19.5 Å². The summed E-state index contributed by atoms with van der Waals surface area (Å²) in [5, 5.41) is 0. The first-order valence-corrected chi connectivity index (χ1v) is 7.77. The molecular formula is C16H21N5O2. The Bertz CT molecular complexity index is 712. The Balaban J connectivity index is 1.85. The number of esters is 1. The van der Waals surface area contributed by atoms with E-state index in [0.29, 0.717) is 6.04 Å². The number of aromatic nitrogens is 4. The molecule has 2 aromatic heterocycles. The van der Waals surface area contributed by atoms with Gasteiger partial charge >= 0.3 is 5.97 Å². The second-order valence-corrected chi connectivity index (χ2v) is 5.81. The average Bonchev–Trinajstić information content (AvgIpc) is 2.99. The van der Waals surface area contributed by atoms with E-state index < -0.39 is 5.97 Å². The monoisotopic (exact) mass is 315 g/mol. The van der Waals surface area contributed by atoms with E-state index in [2.05, 4.69) is 24.4 Å². The minimum atomic E-state index is -0.506. The van der Waals surface area contributed by atoms with Crippen molar-refractivity contribution in [2.24, 2.45) is 0 Å². The molecular weight excluding hydrogens is 294 g/mol. The number of carbonyl (C=O) groups is 1. The Morgan fingerprint density at radius 3 is 2.87 bits per heavy atom. The van der Waals surface area contributed by atoms with Gasteiger partial charge in [-0.05, 0) is 26.7 Å². The standard InChI is InChI=1S/C16H21N5O2/c1-11-9-14(19-15(18-11)16(22)23-3)20-7-4-5-13(10-20)21-8-6-17-12(21)2/h6,8-9,13H,4-5,7,10H2,1-3H3. The van der Waals surface area contributed by atoms with Gasteiger partial charge in [0.2, 0.25) is 5.82 Å². The van der Waals surface area contributed by atoms with Gasteiger partial charge < -0.3 is 14.2 Å². The molecule has 1 unspecified atom stereocenters. The molecule has 1 saturated heterocycles. The molecule has 7 nitrogen and oxygen atoms in total. The van der Waals surface area contributed by atoms with Gasteiger partial charge in [-0.3, -0.25) is 0 Å². The van der Waals surface area contributed by atoms with E-state index in [4.69, 9.17) is 4.74 Å². The van der Waals surface area contributed by atoms with Crippen molar-refractivity contribution in [1.29, 1.82) is 0 Å². The fourth-order valence-corrected chi connectivity index (χ4v) is 3.06. The van der Waals surface area contributed by atoms with E-state index in [9.17, 15) is 4.79 Å². The number of ether oxygens (including phenoxy) is 1. The number of aryl methyl sites for hydroxylation is 2. The Morgan fingerprint density at radius 1 is 1.35 bits per heavy atom. The Hall–Kier alpha value is -2.44. The molecule has 0 bridgehead atoms. The lowest BCUT2D eigenvalue weighted by Crippen LogP contribution is -2.37. The van der Waals surface area contributed by atoms with Crippen LogP contribution in [0.15, 0.2) is 18.5 Å². The zero-order chi connectivity index (χ0) is 16.4. The first-order chi connectivity index (χ1) is 11.1. The number of hydrogen-bond donors (Lipinski definition) is 0. The number of carbonyl (C=O) groups excluding carboxylic acids is 1. The predicted octanol–water partition coefficient (Wildman–Crippen LogP) is 1.92. The Labute approximate surface area is 135 Å². The molecule has 0 N–H and O–H groups in total. The van der Waals surface area contributed by atoms with Crippen LogP contribution in [-0.4, -0.2) is 45.7 Å². The molecule has 3 heterocycles. The number of hydrogen-bond acceptors (Lipinski definition) is 6. The molecule has 0 aliphatic carbocycles. The number of imidazole rings is 1. The third kappa shape index (κ3) is 3.18. The van der Waals surface area contributed by atoms with Crippen molar-refractivity contribution in [3.8, 4) is 0 Å². The molecule has 0 aromatic carbocycles. The zero-order valence-corrected chi connectivity index (χ0v) is 13.7. The zero-order valence-electron chi connectivity index (χ0n) is 13.7. The fraction of sp³-hybridized carbons (Fsp3) is 0.500. The highest BCUT2D eigenvalue weighted by Gasteiger charge is 2.24. The summed E-state index contributed by atoms with van der Waals surface area (Å²) in [6.45, 7) is 5.64. The van der Waals surface area contributed by atoms with Crippen LogP contribution >= 0.6 is 0 Å². The highest BCUT2D eigenvalue weighted by Crippen LogP contribution is 2.26. The van der Waals surface area contributed by atoms with Crippen molar-refractivity contribution >= 4 is 11.8 Å². The third-order valence-electron chi connectivity index (χ3n) is 4.18. The highest BCUT2D eigenvalue weighted by molar-refractivity contribution is 5.85. The first kappa shape index (κ1) is 15.5. The van der Waals surface area contributed by atoms with Gasteiger partial charge in [0.25, 0.3) is 0 Å². The van der Waals surface area contributed by atoms with Crippen LogP contribution in [-0.2, 0) is 4.74 Å². The molecule has 0 amide bonds. The molecule has 2 aromatic rings. The molecule has 0 radical (unpaired) electrons. The number of piperidine rings is 1. The van der Waals surface area contributed by atoms with Crippen LogP contribution in [0.25, 0.3) is 0 Å². The van der Waals surface area contributed by atoms with E-state index in [1.807, 2.05) is 32.3 Å². The fourth-order valence-electron chi connectivity index (χ4n) is 3.06.